The van der Waals surface area contributed by atoms with E-state index in [0.29, 0.717) is 10.7 Å². The highest BCUT2D eigenvalue weighted by Crippen LogP contribution is 2.30. The van der Waals surface area contributed by atoms with Gasteiger partial charge in [-0.3, -0.25) is 4.79 Å². The van der Waals surface area contributed by atoms with E-state index in [1.807, 2.05) is 48.5 Å². The van der Waals surface area contributed by atoms with E-state index in [2.05, 4.69) is 63.7 Å². The number of alkyl halides is 2. The molecule has 0 aromatic heterocycles. The maximum atomic E-state index is 13.0. The van der Waals surface area contributed by atoms with E-state index in [0.717, 1.165) is 20.1 Å². The van der Waals surface area contributed by atoms with Crippen molar-refractivity contribution >= 4 is 69.5 Å². The van der Waals surface area contributed by atoms with Crippen LogP contribution in [0.1, 0.15) is 23.0 Å². The fourth-order valence-corrected chi connectivity index (χ4v) is 4.21. The highest BCUT2D eigenvalue weighted by atomic mass is 79.9. The van der Waals surface area contributed by atoms with E-state index in [9.17, 15) is 4.79 Å². The van der Waals surface area contributed by atoms with E-state index < -0.39 is 0 Å². The Morgan fingerprint density at radius 1 is 0.727 bits per heavy atom. The summed E-state index contributed by atoms with van der Waals surface area (Å²) in [6.07, 6.45) is 0. The molecule has 0 aliphatic carbocycles. The van der Waals surface area contributed by atoms with Gasteiger partial charge in [-0.1, -0.05) is 88.0 Å². The summed E-state index contributed by atoms with van der Waals surface area (Å²) in [7, 11) is 0. The van der Waals surface area contributed by atoms with Crippen molar-refractivity contribution in [2.75, 3.05) is 10.7 Å². The first-order valence-electron chi connectivity index (χ1n) is 6.73. The summed E-state index contributed by atoms with van der Waals surface area (Å²) in [6.45, 7) is 0. The van der Waals surface area contributed by atoms with E-state index in [-0.39, 0.29) is 17.6 Å². The van der Waals surface area contributed by atoms with Crippen molar-refractivity contribution in [1.29, 1.82) is 0 Å². The molecule has 0 aliphatic heterocycles. The topological polar surface area (TPSA) is 17.1 Å². The molecule has 2 atom stereocenters. The lowest BCUT2D eigenvalue weighted by Gasteiger charge is -2.20. The fourth-order valence-electron chi connectivity index (χ4n) is 2.29. The third kappa shape index (κ3) is 4.53. The van der Waals surface area contributed by atoms with Gasteiger partial charge in [0.15, 0.2) is 0 Å². The smallest absolute Gasteiger partial charge is 0.149 e. The molecule has 1 nitrogen and oxygen atoms in total. The molecule has 0 bridgehead atoms. The number of ketones is 1. The zero-order valence-electron chi connectivity index (χ0n) is 11.6. The van der Waals surface area contributed by atoms with Crippen LogP contribution < -0.4 is 0 Å². The molecule has 2 aromatic rings. The van der Waals surface area contributed by atoms with Crippen molar-refractivity contribution in [1.82, 2.24) is 0 Å². The van der Waals surface area contributed by atoms with Crippen LogP contribution in [0.2, 0.25) is 0 Å². The predicted octanol–water partition coefficient (Wildman–Crippen LogP) is 6.44. The Bertz CT molecular complexity index is 567. The SMILES string of the molecule is O=C(C(CBr)c1ccc(Br)cc1)C(CBr)c1ccc(Br)cc1. The summed E-state index contributed by atoms with van der Waals surface area (Å²) < 4.78 is 2.03. The first kappa shape index (κ1) is 18.4. The molecule has 0 saturated carbocycles. The van der Waals surface area contributed by atoms with Crippen molar-refractivity contribution in [3.63, 3.8) is 0 Å². The lowest BCUT2D eigenvalue weighted by atomic mass is 9.86. The van der Waals surface area contributed by atoms with E-state index in [1.165, 1.54) is 0 Å². The number of Topliss-reactive ketones (excluding diaryl/α,β-unsaturated/α-hetero) is 1. The first-order chi connectivity index (χ1) is 10.6. The summed E-state index contributed by atoms with van der Waals surface area (Å²) in [5, 5.41) is 1.24. The van der Waals surface area contributed by atoms with Crippen molar-refractivity contribution in [3.05, 3.63) is 68.6 Å². The van der Waals surface area contributed by atoms with Crippen LogP contribution in [0.25, 0.3) is 0 Å². The van der Waals surface area contributed by atoms with Gasteiger partial charge in [-0.05, 0) is 35.4 Å². The molecular formula is C17H14Br4O. The number of halogens is 4. The average molecular weight is 554 g/mol. The van der Waals surface area contributed by atoms with Gasteiger partial charge in [0.25, 0.3) is 0 Å². The lowest BCUT2D eigenvalue weighted by Crippen LogP contribution is -2.23. The molecule has 116 valence electrons. The molecule has 5 heteroatoms. The Labute approximate surface area is 164 Å². The second kappa shape index (κ2) is 8.76. The zero-order valence-corrected chi connectivity index (χ0v) is 18.0. The quantitative estimate of drug-likeness (QED) is 0.376. The third-order valence-corrected chi connectivity index (χ3v) is 5.89. The molecule has 22 heavy (non-hydrogen) atoms. The number of hydrogen-bond acceptors (Lipinski definition) is 1. The second-order valence-corrected chi connectivity index (χ2v) is 8.05. The molecule has 0 heterocycles. The number of hydrogen-bond donors (Lipinski definition) is 0. The summed E-state index contributed by atoms with van der Waals surface area (Å²) in [6, 6.07) is 15.9. The second-order valence-electron chi connectivity index (χ2n) is 4.92. The van der Waals surface area contributed by atoms with Crippen molar-refractivity contribution in [3.8, 4) is 0 Å². The zero-order chi connectivity index (χ0) is 16.1. The van der Waals surface area contributed by atoms with Crippen molar-refractivity contribution < 1.29 is 4.79 Å². The molecule has 0 N–H and O–H groups in total. The van der Waals surface area contributed by atoms with Crippen molar-refractivity contribution in [2.45, 2.75) is 11.8 Å². The Kier molecular flexibility index (Phi) is 7.32. The number of rotatable bonds is 6. The van der Waals surface area contributed by atoms with Crippen LogP contribution >= 0.6 is 63.7 Å². The summed E-state index contributed by atoms with van der Waals surface area (Å²) >= 11 is 13.9. The predicted molar refractivity (Wildman–Crippen MR) is 106 cm³/mol. The van der Waals surface area contributed by atoms with Gasteiger partial charge >= 0.3 is 0 Å². The Balaban J connectivity index is 2.29. The molecular weight excluding hydrogens is 540 g/mol. The largest absolute Gasteiger partial charge is 0.298 e. The van der Waals surface area contributed by atoms with Gasteiger partial charge in [0.05, 0.1) is 11.8 Å². The molecule has 0 spiro atoms. The standard InChI is InChI=1S/C17H14Br4O/c18-9-15(11-1-5-13(20)6-2-11)17(22)16(10-19)12-3-7-14(21)8-4-12/h1-8,15-16H,9-10H2. The summed E-state index contributed by atoms with van der Waals surface area (Å²) in [5.41, 5.74) is 2.07. The molecule has 0 aliphatic rings. The summed E-state index contributed by atoms with van der Waals surface area (Å²) in [5.74, 6) is -0.0861. The normalized spacial score (nSPS) is 13.6. The highest BCUT2D eigenvalue weighted by molar-refractivity contribution is 9.11. The van der Waals surface area contributed by atoms with Gasteiger partial charge in [-0.25, -0.2) is 0 Å². The van der Waals surface area contributed by atoms with Gasteiger partial charge in [0.1, 0.15) is 5.78 Å². The third-order valence-electron chi connectivity index (χ3n) is 3.54. The molecule has 2 rings (SSSR count). The Morgan fingerprint density at radius 2 is 1.05 bits per heavy atom. The number of carbonyl (C=O) groups is 1. The van der Waals surface area contributed by atoms with Gasteiger partial charge in [0, 0.05) is 19.6 Å². The number of benzene rings is 2. The maximum absolute atomic E-state index is 13.0. The first-order valence-corrected chi connectivity index (χ1v) is 10.6. The monoisotopic (exact) mass is 550 g/mol. The van der Waals surface area contributed by atoms with Gasteiger partial charge in [-0.2, -0.15) is 0 Å². The van der Waals surface area contributed by atoms with Crippen LogP contribution in [0.15, 0.2) is 57.5 Å². The van der Waals surface area contributed by atoms with E-state index in [4.69, 9.17) is 0 Å². The maximum Gasteiger partial charge on any atom is 0.149 e. The molecule has 0 fully saturated rings. The Hall–Kier alpha value is 0.0300. The van der Waals surface area contributed by atoms with Gasteiger partial charge in [-0.15, -0.1) is 0 Å². The number of carbonyl (C=O) groups excluding carboxylic acids is 1. The minimum atomic E-state index is -0.153. The summed E-state index contributed by atoms with van der Waals surface area (Å²) in [4.78, 5) is 13.0. The molecule has 0 saturated heterocycles. The molecule has 0 amide bonds. The molecule has 2 aromatic carbocycles. The van der Waals surface area contributed by atoms with Crippen LogP contribution in [0.3, 0.4) is 0 Å². The van der Waals surface area contributed by atoms with Crippen LogP contribution in [0.4, 0.5) is 0 Å². The van der Waals surface area contributed by atoms with E-state index in [1.54, 1.807) is 0 Å². The van der Waals surface area contributed by atoms with Crippen LogP contribution in [0.5, 0.6) is 0 Å². The van der Waals surface area contributed by atoms with Crippen molar-refractivity contribution in [2.24, 2.45) is 0 Å². The molecule has 0 radical (unpaired) electrons. The lowest BCUT2D eigenvalue weighted by molar-refractivity contribution is -0.121. The average Bonchev–Trinajstić information content (AvgIpc) is 2.52. The Morgan fingerprint density at radius 3 is 1.32 bits per heavy atom. The van der Waals surface area contributed by atoms with Crippen LogP contribution in [0, 0.1) is 0 Å². The fraction of sp³-hybridized carbons (Fsp3) is 0.235. The molecule has 2 unspecified atom stereocenters. The highest BCUT2D eigenvalue weighted by Gasteiger charge is 2.28. The van der Waals surface area contributed by atoms with Crippen LogP contribution in [-0.4, -0.2) is 16.4 Å². The van der Waals surface area contributed by atoms with Gasteiger partial charge < -0.3 is 0 Å². The minimum absolute atomic E-state index is 0.153. The minimum Gasteiger partial charge on any atom is -0.298 e. The van der Waals surface area contributed by atoms with Gasteiger partial charge in [0.2, 0.25) is 0 Å². The van der Waals surface area contributed by atoms with Crippen LogP contribution in [-0.2, 0) is 4.79 Å². The van der Waals surface area contributed by atoms with E-state index >= 15 is 0 Å².